The van der Waals surface area contributed by atoms with Crippen molar-refractivity contribution in [1.29, 1.82) is 0 Å². The fourth-order valence-electron chi connectivity index (χ4n) is 2.60. The molecule has 0 N–H and O–H groups in total. The zero-order valence-corrected chi connectivity index (χ0v) is 87.1. The number of halogens is 3. The first-order valence-corrected chi connectivity index (χ1v) is 91.9. The van der Waals surface area contributed by atoms with Gasteiger partial charge in [-0.05, 0) is 79.8 Å². The number of hydrogen-bond donors (Lipinski definition) is 0. The van der Waals surface area contributed by atoms with Crippen LogP contribution >= 0.6 is 54.5 Å². The first-order valence-electron chi connectivity index (χ1n) is 16.9. The van der Waals surface area contributed by atoms with Crippen molar-refractivity contribution < 1.29 is 13.3 Å². The topological polar surface area (TPSA) is 27.7 Å². The van der Waals surface area contributed by atoms with Crippen LogP contribution in [0.15, 0.2) is 57.5 Å². The van der Waals surface area contributed by atoms with Crippen molar-refractivity contribution in [3.05, 3.63) is 61.0 Å². The quantitative estimate of drug-likeness (QED) is 0.241. The third-order valence-electron chi connectivity index (χ3n) is 4.42. The monoisotopic (exact) mass is 2340 g/mol. The summed E-state index contributed by atoms with van der Waals surface area (Å²) in [5, 5.41) is 1.01. The van der Waals surface area contributed by atoms with Crippen LogP contribution in [0.2, 0.25) is 0 Å². The summed E-state index contributed by atoms with van der Waals surface area (Å²) >= 11 is 18.7. The average Bonchev–Trinajstić information content (AvgIpc) is 3.45. The van der Waals surface area contributed by atoms with Gasteiger partial charge < -0.3 is 13.3 Å². The fraction of sp³-hybridized carbons (Fsp3) is 0.368. The largest absolute Gasteiger partial charge is 0.537 e. The van der Waals surface area contributed by atoms with E-state index in [1.54, 1.807) is 107 Å². The Hall–Kier alpha value is 12.1. The van der Waals surface area contributed by atoms with Gasteiger partial charge in [-0.25, -0.2) is 0 Å². The number of hydrogen-bond acceptors (Lipinski definition) is 5. The molecule has 0 spiro atoms. The van der Waals surface area contributed by atoms with Gasteiger partial charge in [0.25, 0.3) is 0 Å². The van der Waals surface area contributed by atoms with Gasteiger partial charge in [0.05, 0.1) is 0 Å². The molecule has 2 rings (SSSR count). The van der Waals surface area contributed by atoms with Gasteiger partial charge in [-0.2, -0.15) is 0 Å². The van der Waals surface area contributed by atoms with E-state index in [1.807, 2.05) is 395 Å². The van der Waals surface area contributed by atoms with E-state index >= 15 is 0 Å². The normalized spacial score (nSPS) is 8.68. The minimum absolute atomic E-state index is 0. The highest BCUT2D eigenvalue weighted by Gasteiger charge is 2.43. The number of rotatable bonds is 7. The Morgan fingerprint density at radius 2 is 0.450 bits per heavy atom. The van der Waals surface area contributed by atoms with Crippen LogP contribution in [0.25, 0.3) is 0 Å². The second-order valence-electron chi connectivity index (χ2n) is 8.34. The third kappa shape index (κ3) is 70.0. The Labute approximate surface area is 657 Å². The summed E-state index contributed by atoms with van der Waals surface area (Å²) in [6, 6.07) is 16.1. The molecule has 0 radical (unpaired) electrons. The van der Waals surface area contributed by atoms with Gasteiger partial charge in [-0.15, -0.1) is 0 Å². The molecule has 0 atom stereocenters. The molecule has 0 heterocycles. The summed E-state index contributed by atoms with van der Waals surface area (Å²) < 4.78 is 20.9. The third-order valence-corrected chi connectivity index (χ3v) is 123. The molecule has 0 saturated carbocycles. The lowest BCUT2D eigenvalue weighted by atomic mass is 10.4. The van der Waals surface area contributed by atoms with Crippen molar-refractivity contribution in [1.82, 2.24) is 0 Å². The lowest BCUT2D eigenvalue weighted by molar-refractivity contribution is 0.0859. The molecule has 61 heteroatoms. The van der Waals surface area contributed by atoms with Crippen molar-refractivity contribution in [2.75, 3.05) is 19.8 Å². The van der Waals surface area contributed by atoms with Crippen LogP contribution < -0.4 is 5.19 Å². The zero-order chi connectivity index (χ0) is 57.5. The first-order chi connectivity index (χ1) is 38.9. The molecule has 0 aliphatic rings. The van der Waals surface area contributed by atoms with Gasteiger partial charge in [0.2, 0.25) is 0 Å². The highest BCUT2D eigenvalue weighted by molar-refractivity contribution is 14.1. The summed E-state index contributed by atoms with van der Waals surface area (Å²) in [6.07, 6.45) is 0. The van der Waals surface area contributed by atoms with Crippen molar-refractivity contribution in [2.45, 2.75) is 28.2 Å². The van der Waals surface area contributed by atoms with Gasteiger partial charge in [0, 0.05) is 522 Å². The fourth-order valence-corrected chi connectivity index (χ4v) is 143. The van der Waals surface area contributed by atoms with Crippen LogP contribution in [-0.4, -0.2) is 28.6 Å². The molecule has 0 aliphatic heterocycles. The molecule has 0 aliphatic carbocycles. The van der Waals surface area contributed by atoms with Gasteiger partial charge in [-0.3, -0.25) is 0 Å². The predicted molar refractivity (Wildman–Crippen MR) is 526 cm³/mol. The summed E-state index contributed by atoms with van der Waals surface area (Å²) in [5.74, 6) is 0. The minimum atomic E-state index is -2.72. The molecule has 0 unspecified atom stereocenters. The molecule has 0 bridgehead atoms. The SMILES string of the molecule is Brc1ccc(I)cc1.C.CCO[Si](OCC)(OCC)c1ccc(Br)cc1.S=S=S=S=S=S=S=S=S=S=S=S=S=S=S=S=S=S=S=S=S=S=S=S=S=S=S=S=S=S=S=S=S=S=S=S=S=S=S=S=S=S=S=S=S=S=S=S=S=S=S=S=S=S. The molecule has 0 saturated heterocycles. The standard InChI is InChI=1S/C12H19BrO3Si.C6H4BrI.CH4.S54/c1-4-14-17(15-5-2,16-6-3)12-9-7-11(13)8-10-12;7-5-1-3-6(8)4-2-5;;1-3-5-7-9-11-13-15-17-19-21-23-25-27-29-31-33-35-37-39-41-43-45-47-49-51-53-54-52-50-48-46-44-42-40-38-36-34-32-30-28-26-24-22-20-18-16-14-12-10-8-6-4-2/h7-10H,4-6H2,1-3H3;1-4H;1H4;. The van der Waals surface area contributed by atoms with E-state index in [4.69, 9.17) is 35.7 Å². The van der Waals surface area contributed by atoms with Gasteiger partial charge in [0.15, 0.2) is 0 Å². The Morgan fingerprint density at radius 3 is 0.588 bits per heavy atom. The summed E-state index contributed by atoms with van der Waals surface area (Å²) in [7, 11) is 90.3. The molecule has 0 amide bonds. The highest BCUT2D eigenvalue weighted by atomic mass is 127. The van der Waals surface area contributed by atoms with Gasteiger partial charge in [-0.1, -0.05) is 51.4 Å². The zero-order valence-electron chi connectivity index (χ0n) is 36.6. The predicted octanol–water partition coefficient (Wildman–Crippen LogP) is 6.26. The molecule has 2 aromatic rings. The molecule has 2 aromatic carbocycles. The maximum Gasteiger partial charge on any atom is 0.537 e. The summed E-state index contributed by atoms with van der Waals surface area (Å²) in [6.45, 7) is 7.63. The molecule has 0 fully saturated rings. The Bertz CT molecular complexity index is 4580. The van der Waals surface area contributed by atoms with Crippen molar-refractivity contribution in [3.8, 4) is 0 Å². The Morgan fingerprint density at radius 1 is 0.300 bits per heavy atom. The molecular formula is C19H27Br2IO3S54Si. The first kappa shape index (κ1) is 94.2. The number of benzene rings is 2. The second-order valence-corrected chi connectivity index (χ2v) is 106. The summed E-state index contributed by atoms with van der Waals surface area (Å²) in [5.41, 5.74) is 0. The second kappa shape index (κ2) is 80.1. The maximum absolute atomic E-state index is 5.82. The highest BCUT2D eigenvalue weighted by Crippen LogP contribution is 2.14. The van der Waals surface area contributed by atoms with Crippen LogP contribution in [0.4, 0.5) is 0 Å². The van der Waals surface area contributed by atoms with Crippen LogP contribution in [0.5, 0.6) is 0 Å². The molecule has 0 aromatic heterocycles. The van der Waals surface area contributed by atoms with E-state index in [0.29, 0.717) is 19.8 Å². The smallest absolute Gasteiger partial charge is 0.370 e. The minimum Gasteiger partial charge on any atom is -0.370 e. The van der Waals surface area contributed by atoms with Crippen molar-refractivity contribution in [3.63, 3.8) is 0 Å². The van der Waals surface area contributed by atoms with Gasteiger partial charge in [0.1, 0.15) is 0 Å². The molecular weight excluding hydrogens is 2320 g/mol. The van der Waals surface area contributed by atoms with E-state index in [-0.39, 0.29) is 7.43 Å². The van der Waals surface area contributed by atoms with E-state index < -0.39 is 8.80 Å². The average molecular weight is 2350 g/mol. The van der Waals surface area contributed by atoms with E-state index in [1.165, 1.54) is 21.3 Å². The van der Waals surface area contributed by atoms with Crippen LogP contribution in [0, 0.1) is 3.57 Å². The molecule has 470 valence electrons. The van der Waals surface area contributed by atoms with E-state index in [9.17, 15) is 0 Å². The van der Waals surface area contributed by atoms with E-state index in [0.717, 1.165) is 14.1 Å². The lowest BCUT2D eigenvalue weighted by Crippen LogP contribution is -2.56. The molecule has 3 nitrogen and oxygen atoms in total. The van der Waals surface area contributed by atoms with Crippen molar-refractivity contribution >= 4 is 553 Å². The Balaban J connectivity index is 0. The van der Waals surface area contributed by atoms with Crippen LogP contribution in [-0.2, 0) is 497 Å². The lowest BCUT2D eigenvalue weighted by Gasteiger charge is -2.28. The van der Waals surface area contributed by atoms with Crippen LogP contribution in [0.1, 0.15) is 28.2 Å². The van der Waals surface area contributed by atoms with Crippen LogP contribution in [0.3, 0.4) is 0 Å². The van der Waals surface area contributed by atoms with Gasteiger partial charge >= 0.3 is 8.80 Å². The summed E-state index contributed by atoms with van der Waals surface area (Å²) in [4.78, 5) is 0. The van der Waals surface area contributed by atoms with E-state index in [2.05, 4.69) is 66.6 Å². The van der Waals surface area contributed by atoms with Crippen molar-refractivity contribution in [2.24, 2.45) is 0 Å². The Kier molecular flexibility index (Phi) is 94.3. The maximum atomic E-state index is 5.82. The molecule has 80 heavy (non-hydrogen) atoms.